The molecule has 0 atom stereocenters. The first kappa shape index (κ1) is 16.3. The van der Waals surface area contributed by atoms with E-state index in [1.165, 1.54) is 12.1 Å². The van der Waals surface area contributed by atoms with E-state index >= 15 is 0 Å². The van der Waals surface area contributed by atoms with Gasteiger partial charge in [-0.05, 0) is 50.6 Å². The van der Waals surface area contributed by atoms with Crippen molar-refractivity contribution in [2.45, 2.75) is 20.8 Å². The number of hydrogen-bond donors (Lipinski definition) is 1. The molecule has 0 saturated heterocycles. The molecule has 1 aromatic carbocycles. The second-order valence-electron chi connectivity index (χ2n) is 5.42. The summed E-state index contributed by atoms with van der Waals surface area (Å²) in [6.07, 6.45) is 0. The van der Waals surface area contributed by atoms with E-state index in [4.69, 9.17) is 0 Å². The molecule has 3 aromatic rings. The predicted octanol–water partition coefficient (Wildman–Crippen LogP) is 4.80. The molecule has 0 aliphatic rings. The van der Waals surface area contributed by atoms with Crippen molar-refractivity contribution < 1.29 is 4.39 Å². The highest BCUT2D eigenvalue weighted by Gasteiger charge is 2.06. The molecule has 0 radical (unpaired) electrons. The summed E-state index contributed by atoms with van der Waals surface area (Å²) in [5.74, 6) is 1.16. The molecular weight excluding hydrogens is 323 g/mol. The molecule has 122 valence electrons. The van der Waals surface area contributed by atoms with E-state index in [2.05, 4.69) is 20.5 Å². The molecule has 0 saturated carbocycles. The monoisotopic (exact) mass is 340 g/mol. The third kappa shape index (κ3) is 3.83. The Morgan fingerprint density at radius 3 is 2.54 bits per heavy atom. The number of benzene rings is 1. The molecule has 0 unspecified atom stereocenters. The molecule has 1 N–H and O–H groups in total. The van der Waals surface area contributed by atoms with Gasteiger partial charge in [0, 0.05) is 16.6 Å². The molecule has 6 heteroatoms. The second kappa shape index (κ2) is 6.88. The molecule has 0 fully saturated rings. The Labute approximate surface area is 144 Å². The van der Waals surface area contributed by atoms with Crippen molar-refractivity contribution in [3.63, 3.8) is 0 Å². The van der Waals surface area contributed by atoms with Crippen molar-refractivity contribution in [2.75, 3.05) is 5.43 Å². The number of thiophene rings is 1. The van der Waals surface area contributed by atoms with Gasteiger partial charge in [0.1, 0.15) is 17.5 Å². The molecule has 3 rings (SSSR count). The van der Waals surface area contributed by atoms with E-state index in [1.54, 1.807) is 23.5 Å². The topological polar surface area (TPSA) is 50.2 Å². The first-order chi connectivity index (χ1) is 11.5. The Kier molecular flexibility index (Phi) is 4.66. The summed E-state index contributed by atoms with van der Waals surface area (Å²) in [6.45, 7) is 5.71. The number of nitrogens with zero attached hydrogens (tertiary/aromatic N) is 3. The van der Waals surface area contributed by atoms with Crippen molar-refractivity contribution in [2.24, 2.45) is 5.10 Å². The van der Waals surface area contributed by atoms with E-state index in [1.807, 2.05) is 39.0 Å². The minimum atomic E-state index is -0.229. The van der Waals surface area contributed by atoms with Crippen LogP contribution in [0.3, 0.4) is 0 Å². The minimum absolute atomic E-state index is 0.229. The zero-order chi connectivity index (χ0) is 17.1. The van der Waals surface area contributed by atoms with Gasteiger partial charge in [-0.2, -0.15) is 5.10 Å². The van der Waals surface area contributed by atoms with Crippen LogP contribution < -0.4 is 5.43 Å². The predicted molar refractivity (Wildman–Crippen MR) is 97.1 cm³/mol. The average Bonchev–Trinajstić information content (AvgIpc) is 3.02. The fourth-order valence-electron chi connectivity index (χ4n) is 2.27. The van der Waals surface area contributed by atoms with Gasteiger partial charge in [-0.3, -0.25) is 5.43 Å². The van der Waals surface area contributed by atoms with Crippen LogP contribution in [-0.4, -0.2) is 15.7 Å². The summed E-state index contributed by atoms with van der Waals surface area (Å²) >= 11 is 1.62. The molecule has 2 aromatic heterocycles. The first-order valence-corrected chi connectivity index (χ1v) is 8.31. The summed E-state index contributed by atoms with van der Waals surface area (Å²) in [5.41, 5.74) is 5.73. The molecule has 0 bridgehead atoms. The quantitative estimate of drug-likeness (QED) is 0.548. The molecule has 24 heavy (non-hydrogen) atoms. The van der Waals surface area contributed by atoms with Crippen LogP contribution in [0.4, 0.5) is 10.2 Å². The van der Waals surface area contributed by atoms with Gasteiger partial charge in [-0.25, -0.2) is 14.4 Å². The van der Waals surface area contributed by atoms with Gasteiger partial charge in [0.2, 0.25) is 0 Å². The van der Waals surface area contributed by atoms with Crippen LogP contribution in [0.1, 0.15) is 23.3 Å². The van der Waals surface area contributed by atoms with E-state index in [0.717, 1.165) is 26.7 Å². The number of aromatic nitrogens is 2. The van der Waals surface area contributed by atoms with Crippen molar-refractivity contribution in [3.05, 3.63) is 64.7 Å². The smallest absolute Gasteiger partial charge is 0.150 e. The molecule has 4 nitrogen and oxygen atoms in total. The van der Waals surface area contributed by atoms with E-state index in [9.17, 15) is 4.39 Å². The van der Waals surface area contributed by atoms with Crippen LogP contribution in [0.25, 0.3) is 10.4 Å². The van der Waals surface area contributed by atoms with Gasteiger partial charge < -0.3 is 0 Å². The molecule has 0 aliphatic carbocycles. The van der Waals surface area contributed by atoms with Crippen LogP contribution in [-0.2, 0) is 0 Å². The number of halogens is 1. The lowest BCUT2D eigenvalue weighted by molar-refractivity contribution is 0.628. The molecule has 2 heterocycles. The summed E-state index contributed by atoms with van der Waals surface area (Å²) < 4.78 is 13.0. The van der Waals surface area contributed by atoms with Gasteiger partial charge in [0.15, 0.2) is 0 Å². The maximum atomic E-state index is 13.0. The highest BCUT2D eigenvalue weighted by atomic mass is 32.1. The summed E-state index contributed by atoms with van der Waals surface area (Å²) in [4.78, 5) is 10.7. The van der Waals surface area contributed by atoms with Gasteiger partial charge in [-0.15, -0.1) is 11.3 Å². The molecule has 0 aliphatic heterocycles. The normalized spacial score (nSPS) is 11.6. The number of anilines is 1. The van der Waals surface area contributed by atoms with E-state index in [-0.39, 0.29) is 5.82 Å². The van der Waals surface area contributed by atoms with Crippen LogP contribution in [0.2, 0.25) is 0 Å². The van der Waals surface area contributed by atoms with Gasteiger partial charge >= 0.3 is 0 Å². The number of nitrogens with one attached hydrogen (secondary N) is 1. The Morgan fingerprint density at radius 1 is 1.08 bits per heavy atom. The zero-order valence-electron chi connectivity index (χ0n) is 13.7. The Balaban J connectivity index is 1.77. The Bertz CT molecular complexity index is 864. The van der Waals surface area contributed by atoms with E-state index < -0.39 is 0 Å². The van der Waals surface area contributed by atoms with Gasteiger partial charge in [0.05, 0.1) is 10.6 Å². The summed E-state index contributed by atoms with van der Waals surface area (Å²) in [7, 11) is 0. The van der Waals surface area contributed by atoms with Crippen LogP contribution in [0.15, 0.2) is 47.6 Å². The van der Waals surface area contributed by atoms with Crippen molar-refractivity contribution in [3.8, 4) is 10.4 Å². The third-order valence-electron chi connectivity index (χ3n) is 3.40. The van der Waals surface area contributed by atoms with Crippen molar-refractivity contribution in [1.82, 2.24) is 9.97 Å². The largest absolute Gasteiger partial charge is 0.261 e. The van der Waals surface area contributed by atoms with Gasteiger partial charge in [0.25, 0.3) is 0 Å². The average molecular weight is 340 g/mol. The molecule has 0 amide bonds. The fourth-order valence-corrected chi connectivity index (χ4v) is 3.23. The van der Waals surface area contributed by atoms with Crippen LogP contribution in [0, 0.1) is 19.7 Å². The third-order valence-corrected chi connectivity index (χ3v) is 4.64. The van der Waals surface area contributed by atoms with Crippen LogP contribution >= 0.6 is 11.3 Å². The lowest BCUT2D eigenvalue weighted by atomic mass is 10.2. The van der Waals surface area contributed by atoms with Crippen LogP contribution in [0.5, 0.6) is 0 Å². The molecular formula is C18H17FN4S. The maximum absolute atomic E-state index is 13.0. The fraction of sp³-hybridized carbons (Fsp3) is 0.167. The standard InChI is InChI=1S/C18H17FN4S/c1-11-10-18(21-13(3)20-11)23-22-12(2)16-8-9-17(24-16)14-4-6-15(19)7-5-14/h4-10H,1-3H3,(H,20,21,23). The molecule has 0 spiro atoms. The highest BCUT2D eigenvalue weighted by molar-refractivity contribution is 7.17. The Morgan fingerprint density at radius 2 is 1.83 bits per heavy atom. The Hall–Kier alpha value is -2.60. The number of hydrazone groups is 1. The SMILES string of the molecule is CC(=NNc1cc(C)nc(C)n1)c1ccc(-c2ccc(F)cc2)s1. The zero-order valence-corrected chi connectivity index (χ0v) is 14.5. The summed E-state index contributed by atoms with van der Waals surface area (Å²) in [6, 6.07) is 12.4. The second-order valence-corrected chi connectivity index (χ2v) is 6.51. The first-order valence-electron chi connectivity index (χ1n) is 7.50. The maximum Gasteiger partial charge on any atom is 0.150 e. The lowest BCUT2D eigenvalue weighted by Gasteiger charge is -2.03. The van der Waals surface area contributed by atoms with Crippen molar-refractivity contribution in [1.29, 1.82) is 0 Å². The van der Waals surface area contributed by atoms with E-state index in [0.29, 0.717) is 11.6 Å². The lowest BCUT2D eigenvalue weighted by Crippen LogP contribution is -2.01. The number of aryl methyl sites for hydroxylation is 2. The minimum Gasteiger partial charge on any atom is -0.261 e. The van der Waals surface area contributed by atoms with Gasteiger partial charge in [-0.1, -0.05) is 12.1 Å². The number of rotatable bonds is 4. The summed E-state index contributed by atoms with van der Waals surface area (Å²) in [5, 5.41) is 4.39. The van der Waals surface area contributed by atoms with Crippen molar-refractivity contribution >= 4 is 22.9 Å². The highest BCUT2D eigenvalue weighted by Crippen LogP contribution is 2.28. The number of hydrogen-bond acceptors (Lipinski definition) is 5.